The highest BCUT2D eigenvalue weighted by Gasteiger charge is 2.34. The second kappa shape index (κ2) is 7.33. The summed E-state index contributed by atoms with van der Waals surface area (Å²) in [6.07, 6.45) is 0. The Bertz CT molecular complexity index is 1110. The molecule has 3 amide bonds. The molecule has 2 aromatic carbocycles. The summed E-state index contributed by atoms with van der Waals surface area (Å²) < 4.78 is 5.65. The largest absolute Gasteiger partial charge is 0.490 e. The summed E-state index contributed by atoms with van der Waals surface area (Å²) in [5, 5.41) is 4.87. The van der Waals surface area contributed by atoms with Gasteiger partial charge in [-0.15, -0.1) is 11.3 Å². The van der Waals surface area contributed by atoms with Crippen molar-refractivity contribution in [3.8, 4) is 5.75 Å². The third-order valence-corrected chi connectivity index (χ3v) is 6.13. The van der Waals surface area contributed by atoms with Gasteiger partial charge in [0.25, 0.3) is 11.8 Å². The van der Waals surface area contributed by atoms with E-state index in [1.165, 1.54) is 11.3 Å². The van der Waals surface area contributed by atoms with Crippen LogP contribution in [-0.2, 0) is 4.79 Å². The fourth-order valence-corrected chi connectivity index (χ4v) is 4.56. The minimum atomic E-state index is -0.460. The number of nitrogens with one attached hydrogen (secondary N) is 1. The van der Waals surface area contributed by atoms with Gasteiger partial charge in [-0.2, -0.15) is 0 Å². The molecule has 148 valence electrons. The number of imide groups is 1. The zero-order chi connectivity index (χ0) is 20.7. The Hall–Kier alpha value is -3.19. The molecule has 4 rings (SSSR count). The SMILES string of the molecule is CCOc1c(NC(=O)CN2C(=O)c3cccc4cccc(c34)C2=O)sc(C)c1C. The maximum Gasteiger partial charge on any atom is 0.261 e. The van der Waals surface area contributed by atoms with Crippen LogP contribution in [0, 0.1) is 13.8 Å². The topological polar surface area (TPSA) is 75.7 Å². The van der Waals surface area contributed by atoms with Gasteiger partial charge in [-0.1, -0.05) is 24.3 Å². The lowest BCUT2D eigenvalue weighted by Crippen LogP contribution is -2.44. The van der Waals surface area contributed by atoms with Gasteiger partial charge in [0.2, 0.25) is 5.91 Å². The van der Waals surface area contributed by atoms with Gasteiger partial charge >= 0.3 is 0 Å². The van der Waals surface area contributed by atoms with Crippen LogP contribution >= 0.6 is 11.3 Å². The highest BCUT2D eigenvalue weighted by Crippen LogP contribution is 2.39. The summed E-state index contributed by atoms with van der Waals surface area (Å²) in [7, 11) is 0. The first kappa shape index (κ1) is 19.1. The van der Waals surface area contributed by atoms with Gasteiger partial charge in [-0.25, -0.2) is 0 Å². The number of ether oxygens (including phenoxy) is 1. The Kier molecular flexibility index (Phi) is 4.84. The first-order chi connectivity index (χ1) is 13.9. The van der Waals surface area contributed by atoms with Crippen LogP contribution in [0.25, 0.3) is 10.8 Å². The molecule has 1 aromatic heterocycles. The predicted octanol–water partition coefficient (Wildman–Crippen LogP) is 4.15. The molecular formula is C22H20N2O4S. The van der Waals surface area contributed by atoms with E-state index < -0.39 is 17.7 Å². The van der Waals surface area contributed by atoms with E-state index in [0.717, 1.165) is 20.7 Å². The van der Waals surface area contributed by atoms with Gasteiger partial charge in [0.05, 0.1) is 6.61 Å². The number of anilines is 1. The van der Waals surface area contributed by atoms with E-state index in [1.807, 2.05) is 32.9 Å². The fourth-order valence-electron chi connectivity index (χ4n) is 3.54. The molecule has 0 saturated carbocycles. The molecule has 0 radical (unpaired) electrons. The Morgan fingerprint density at radius 3 is 2.28 bits per heavy atom. The first-order valence-corrected chi connectivity index (χ1v) is 10.1. The van der Waals surface area contributed by atoms with Crippen molar-refractivity contribution >= 4 is 44.8 Å². The number of hydrogen-bond donors (Lipinski definition) is 1. The highest BCUT2D eigenvalue weighted by atomic mass is 32.1. The van der Waals surface area contributed by atoms with Crippen LogP contribution in [0.5, 0.6) is 5.75 Å². The van der Waals surface area contributed by atoms with E-state index in [0.29, 0.717) is 33.9 Å². The van der Waals surface area contributed by atoms with Gasteiger partial charge in [-0.3, -0.25) is 19.3 Å². The lowest BCUT2D eigenvalue weighted by molar-refractivity contribution is -0.116. The zero-order valence-corrected chi connectivity index (χ0v) is 17.2. The number of rotatable bonds is 5. The van der Waals surface area contributed by atoms with Crippen molar-refractivity contribution < 1.29 is 19.1 Å². The van der Waals surface area contributed by atoms with Gasteiger partial charge in [0.1, 0.15) is 11.5 Å². The van der Waals surface area contributed by atoms with Crippen LogP contribution in [0.1, 0.15) is 38.1 Å². The smallest absolute Gasteiger partial charge is 0.261 e. The molecule has 7 heteroatoms. The van der Waals surface area contributed by atoms with Crippen molar-refractivity contribution in [2.24, 2.45) is 0 Å². The van der Waals surface area contributed by atoms with E-state index in [1.54, 1.807) is 24.3 Å². The van der Waals surface area contributed by atoms with Gasteiger partial charge in [-0.05, 0) is 38.3 Å². The van der Waals surface area contributed by atoms with Crippen molar-refractivity contribution in [3.63, 3.8) is 0 Å². The molecule has 1 aliphatic rings. The lowest BCUT2D eigenvalue weighted by Gasteiger charge is -2.26. The summed E-state index contributed by atoms with van der Waals surface area (Å²) in [5.74, 6) is -0.730. The third kappa shape index (κ3) is 3.17. The fraction of sp³-hybridized carbons (Fsp3) is 0.227. The lowest BCUT2D eigenvalue weighted by atomic mass is 9.94. The first-order valence-electron chi connectivity index (χ1n) is 9.33. The van der Waals surface area contributed by atoms with Crippen LogP contribution in [0.2, 0.25) is 0 Å². The Morgan fingerprint density at radius 2 is 1.69 bits per heavy atom. The Balaban J connectivity index is 1.61. The molecule has 0 spiro atoms. The second-order valence-corrected chi connectivity index (χ2v) is 8.05. The molecule has 0 saturated heterocycles. The quantitative estimate of drug-likeness (QED) is 0.644. The molecule has 0 atom stereocenters. The number of nitrogens with zero attached hydrogens (tertiary/aromatic N) is 1. The van der Waals surface area contributed by atoms with Crippen molar-refractivity contribution in [1.29, 1.82) is 0 Å². The van der Waals surface area contributed by atoms with E-state index in [2.05, 4.69) is 5.32 Å². The Morgan fingerprint density at radius 1 is 1.07 bits per heavy atom. The van der Waals surface area contributed by atoms with Crippen LogP contribution in [0.15, 0.2) is 36.4 Å². The van der Waals surface area contributed by atoms with Crippen LogP contribution in [-0.4, -0.2) is 35.8 Å². The third-order valence-electron chi connectivity index (χ3n) is 5.03. The minimum absolute atomic E-state index is 0.357. The normalized spacial score (nSPS) is 13.1. The average Bonchev–Trinajstić information content (AvgIpc) is 2.97. The van der Waals surface area contributed by atoms with E-state index in [9.17, 15) is 14.4 Å². The number of hydrogen-bond acceptors (Lipinski definition) is 5. The van der Waals surface area contributed by atoms with E-state index in [4.69, 9.17) is 4.74 Å². The summed E-state index contributed by atoms with van der Waals surface area (Å²) in [4.78, 5) is 40.6. The molecule has 3 aromatic rings. The molecule has 0 unspecified atom stereocenters. The minimum Gasteiger partial charge on any atom is -0.490 e. The van der Waals surface area contributed by atoms with Gasteiger partial charge in [0, 0.05) is 27.0 Å². The van der Waals surface area contributed by atoms with E-state index in [-0.39, 0.29) is 6.54 Å². The van der Waals surface area contributed by atoms with Crippen molar-refractivity contribution in [3.05, 3.63) is 58.0 Å². The number of carbonyl (C=O) groups excluding carboxylic acids is 3. The van der Waals surface area contributed by atoms with Gasteiger partial charge < -0.3 is 10.1 Å². The van der Waals surface area contributed by atoms with Crippen molar-refractivity contribution in [1.82, 2.24) is 4.90 Å². The van der Waals surface area contributed by atoms with Gasteiger partial charge in [0.15, 0.2) is 5.75 Å². The van der Waals surface area contributed by atoms with Crippen molar-refractivity contribution in [2.75, 3.05) is 18.5 Å². The van der Waals surface area contributed by atoms with Crippen molar-refractivity contribution in [2.45, 2.75) is 20.8 Å². The maximum atomic E-state index is 12.9. The number of amides is 3. The second-order valence-electron chi connectivity index (χ2n) is 6.83. The predicted molar refractivity (Wildman–Crippen MR) is 113 cm³/mol. The molecule has 1 N–H and O–H groups in total. The van der Waals surface area contributed by atoms with Crippen LogP contribution < -0.4 is 10.1 Å². The summed E-state index contributed by atoms with van der Waals surface area (Å²) in [6.45, 7) is 5.88. The summed E-state index contributed by atoms with van der Waals surface area (Å²) >= 11 is 1.41. The highest BCUT2D eigenvalue weighted by molar-refractivity contribution is 7.16. The Labute approximate surface area is 172 Å². The monoisotopic (exact) mass is 408 g/mol. The maximum absolute atomic E-state index is 12.9. The zero-order valence-electron chi connectivity index (χ0n) is 16.4. The molecule has 1 aliphatic heterocycles. The standard InChI is InChI=1S/C22H20N2O4S/c1-4-28-19-12(2)13(3)29-20(19)23-17(25)11-24-21(26)15-9-5-7-14-8-6-10-16(18(14)15)22(24)27/h5-10H,4,11H2,1-3H3,(H,23,25). The molecule has 29 heavy (non-hydrogen) atoms. The van der Waals surface area contributed by atoms with Crippen LogP contribution in [0.3, 0.4) is 0 Å². The number of aryl methyl sites for hydroxylation is 1. The number of benzene rings is 2. The summed E-state index contributed by atoms with van der Waals surface area (Å²) in [6, 6.07) is 10.7. The molecule has 6 nitrogen and oxygen atoms in total. The molecule has 2 heterocycles. The number of thiophene rings is 1. The number of carbonyl (C=O) groups is 3. The molecule has 0 bridgehead atoms. The van der Waals surface area contributed by atoms with Crippen LogP contribution in [0.4, 0.5) is 5.00 Å². The average molecular weight is 408 g/mol. The molecule has 0 fully saturated rings. The summed E-state index contributed by atoms with van der Waals surface area (Å²) in [5.41, 5.74) is 1.84. The molecule has 0 aliphatic carbocycles. The molecular weight excluding hydrogens is 388 g/mol. The van der Waals surface area contributed by atoms with E-state index >= 15 is 0 Å².